The van der Waals surface area contributed by atoms with Gasteiger partial charge >= 0.3 is 0 Å². The van der Waals surface area contributed by atoms with E-state index in [0.717, 1.165) is 23.2 Å². The summed E-state index contributed by atoms with van der Waals surface area (Å²) in [7, 11) is 0. The highest BCUT2D eigenvalue weighted by Crippen LogP contribution is 2.19. The molecule has 0 atom stereocenters. The second kappa shape index (κ2) is 5.96. The van der Waals surface area contributed by atoms with Gasteiger partial charge in [-0.2, -0.15) is 4.99 Å². The Morgan fingerprint density at radius 3 is 2.44 bits per heavy atom. The number of thiocarbonyl (C=S) groups is 1. The number of aromatic nitrogens is 2. The van der Waals surface area contributed by atoms with Gasteiger partial charge in [0.15, 0.2) is 5.82 Å². The number of rotatable bonds is 4. The first-order valence-corrected chi connectivity index (χ1v) is 5.84. The highest BCUT2D eigenvalue weighted by molar-refractivity contribution is 7.78. The highest BCUT2D eigenvalue weighted by atomic mass is 32.1. The predicted molar refractivity (Wildman–Crippen MR) is 76.1 cm³/mol. The largest absolute Gasteiger partial charge is 0.236 e. The summed E-state index contributed by atoms with van der Waals surface area (Å²) in [5.41, 5.74) is 2.77. The topological polar surface area (TPSA) is 38.1 Å². The van der Waals surface area contributed by atoms with E-state index in [1.807, 2.05) is 42.7 Å². The fraction of sp³-hybridized carbons (Fsp3) is 0.0714. The lowest BCUT2D eigenvalue weighted by Gasteiger charge is -2.01. The molecule has 18 heavy (non-hydrogen) atoms. The molecule has 0 N–H and O–H groups in total. The number of benzene rings is 1. The number of aliphatic imine (C=N–C) groups is 1. The Balaban J connectivity index is 2.25. The van der Waals surface area contributed by atoms with E-state index in [1.165, 1.54) is 0 Å². The molecule has 0 spiro atoms. The van der Waals surface area contributed by atoms with E-state index in [9.17, 15) is 0 Å². The maximum Gasteiger partial charge on any atom is 0.159 e. The molecule has 0 aliphatic heterocycles. The van der Waals surface area contributed by atoms with Crippen LogP contribution in [-0.4, -0.2) is 15.1 Å². The van der Waals surface area contributed by atoms with Crippen LogP contribution in [0.4, 0.5) is 5.69 Å². The quantitative estimate of drug-likeness (QED) is 0.474. The van der Waals surface area contributed by atoms with Crippen molar-refractivity contribution in [2.24, 2.45) is 4.99 Å². The number of allylic oxidation sites excluding steroid dienone is 1. The maximum atomic E-state index is 4.55. The summed E-state index contributed by atoms with van der Waals surface area (Å²) in [6, 6.07) is 7.54. The van der Waals surface area contributed by atoms with Gasteiger partial charge in [-0.1, -0.05) is 6.08 Å². The maximum absolute atomic E-state index is 4.55. The summed E-state index contributed by atoms with van der Waals surface area (Å²) in [5.74, 6) is 0.695. The van der Waals surface area contributed by atoms with Crippen LogP contribution in [0.15, 0.2) is 54.3 Å². The zero-order chi connectivity index (χ0) is 12.8. The zero-order valence-electron chi connectivity index (χ0n) is 9.71. The van der Waals surface area contributed by atoms with E-state index in [0.29, 0.717) is 5.82 Å². The SMILES string of the molecule is C=CCc1cnc(-c2ccc(N=C=S)cc2)nc1. The molecule has 0 radical (unpaired) electrons. The minimum Gasteiger partial charge on any atom is -0.236 e. The smallest absolute Gasteiger partial charge is 0.159 e. The second-order valence-electron chi connectivity index (χ2n) is 3.66. The Morgan fingerprint density at radius 2 is 1.89 bits per heavy atom. The van der Waals surface area contributed by atoms with E-state index in [4.69, 9.17) is 0 Å². The Hall–Kier alpha value is -2.16. The van der Waals surface area contributed by atoms with Gasteiger partial charge in [-0.15, -0.1) is 6.58 Å². The Labute approximate surface area is 111 Å². The second-order valence-corrected chi connectivity index (χ2v) is 3.84. The number of hydrogen-bond acceptors (Lipinski definition) is 4. The van der Waals surface area contributed by atoms with E-state index in [-0.39, 0.29) is 0 Å². The molecule has 2 aromatic rings. The summed E-state index contributed by atoms with van der Waals surface area (Å²) >= 11 is 4.55. The molecule has 0 aliphatic carbocycles. The van der Waals surface area contributed by atoms with E-state index < -0.39 is 0 Å². The zero-order valence-corrected chi connectivity index (χ0v) is 10.5. The molecule has 0 fully saturated rings. The van der Waals surface area contributed by atoms with Crippen molar-refractivity contribution in [1.82, 2.24) is 9.97 Å². The van der Waals surface area contributed by atoms with E-state index >= 15 is 0 Å². The van der Waals surface area contributed by atoms with Gasteiger partial charge in [-0.25, -0.2) is 9.97 Å². The number of hydrogen-bond donors (Lipinski definition) is 0. The summed E-state index contributed by atoms with van der Waals surface area (Å²) in [5, 5.41) is 2.33. The van der Waals surface area contributed by atoms with Crippen LogP contribution in [-0.2, 0) is 6.42 Å². The first kappa shape index (κ1) is 12.3. The Kier molecular flexibility index (Phi) is 4.07. The summed E-state index contributed by atoms with van der Waals surface area (Å²) in [6.45, 7) is 3.68. The minimum atomic E-state index is 0.695. The molecule has 1 aromatic heterocycles. The van der Waals surface area contributed by atoms with Crippen molar-refractivity contribution in [2.45, 2.75) is 6.42 Å². The molecule has 4 heteroatoms. The van der Waals surface area contributed by atoms with Crippen molar-refractivity contribution < 1.29 is 0 Å². The summed E-state index contributed by atoms with van der Waals surface area (Å²) < 4.78 is 0. The van der Waals surface area contributed by atoms with E-state index in [2.05, 4.69) is 38.9 Å². The van der Waals surface area contributed by atoms with E-state index in [1.54, 1.807) is 0 Å². The van der Waals surface area contributed by atoms with Crippen LogP contribution >= 0.6 is 12.2 Å². The van der Waals surface area contributed by atoms with Crippen molar-refractivity contribution in [3.8, 4) is 11.4 Å². The van der Waals surface area contributed by atoms with Crippen molar-refractivity contribution >= 4 is 23.1 Å². The average molecular weight is 253 g/mol. The molecule has 0 aliphatic rings. The van der Waals surface area contributed by atoms with Crippen LogP contribution in [0, 0.1) is 0 Å². The van der Waals surface area contributed by atoms with Gasteiger partial charge in [-0.05, 0) is 48.5 Å². The van der Waals surface area contributed by atoms with Crippen LogP contribution < -0.4 is 0 Å². The molecule has 1 aromatic carbocycles. The fourth-order valence-corrected chi connectivity index (χ4v) is 1.62. The Bertz CT molecular complexity index is 581. The number of isothiocyanates is 1. The lowest BCUT2D eigenvalue weighted by atomic mass is 10.2. The standard InChI is InChI=1S/C14H11N3S/c1-2-3-11-8-15-14(16-9-11)12-4-6-13(7-5-12)17-10-18/h2,4-9H,1,3H2. The normalized spacial score (nSPS) is 9.56. The lowest BCUT2D eigenvalue weighted by Crippen LogP contribution is -1.91. The van der Waals surface area contributed by atoms with Gasteiger partial charge in [0.05, 0.1) is 10.8 Å². The molecule has 0 amide bonds. The van der Waals surface area contributed by atoms with Crippen molar-refractivity contribution in [2.75, 3.05) is 0 Å². The first-order chi connectivity index (χ1) is 8.83. The average Bonchev–Trinajstić information content (AvgIpc) is 2.41. The molecular weight excluding hydrogens is 242 g/mol. The monoisotopic (exact) mass is 253 g/mol. The first-order valence-electron chi connectivity index (χ1n) is 5.43. The van der Waals surface area contributed by atoms with Crippen molar-refractivity contribution in [3.63, 3.8) is 0 Å². The highest BCUT2D eigenvalue weighted by Gasteiger charge is 2.01. The van der Waals surface area contributed by atoms with Gasteiger partial charge in [0.1, 0.15) is 0 Å². The Morgan fingerprint density at radius 1 is 1.22 bits per heavy atom. The van der Waals surface area contributed by atoms with Gasteiger partial charge in [0.2, 0.25) is 0 Å². The fourth-order valence-electron chi connectivity index (χ4n) is 1.51. The molecule has 0 saturated heterocycles. The van der Waals surface area contributed by atoms with Crippen LogP contribution in [0.1, 0.15) is 5.56 Å². The summed E-state index contributed by atoms with van der Waals surface area (Å²) in [4.78, 5) is 12.5. The molecule has 0 bridgehead atoms. The molecular formula is C14H11N3S. The molecule has 2 rings (SSSR count). The molecule has 0 saturated carbocycles. The van der Waals surface area contributed by atoms with Crippen LogP contribution in [0.5, 0.6) is 0 Å². The van der Waals surface area contributed by atoms with Crippen LogP contribution in [0.3, 0.4) is 0 Å². The van der Waals surface area contributed by atoms with Gasteiger partial charge < -0.3 is 0 Å². The number of nitrogens with zero attached hydrogens (tertiary/aromatic N) is 3. The van der Waals surface area contributed by atoms with Crippen molar-refractivity contribution in [1.29, 1.82) is 0 Å². The third kappa shape index (κ3) is 2.94. The third-order valence-electron chi connectivity index (χ3n) is 2.39. The molecule has 1 heterocycles. The summed E-state index contributed by atoms with van der Waals surface area (Å²) in [6.07, 6.45) is 6.24. The third-order valence-corrected chi connectivity index (χ3v) is 2.48. The van der Waals surface area contributed by atoms with Crippen molar-refractivity contribution in [3.05, 3.63) is 54.9 Å². The predicted octanol–water partition coefficient (Wildman–Crippen LogP) is 3.61. The molecule has 88 valence electrons. The minimum absolute atomic E-state index is 0.695. The van der Waals surface area contributed by atoms with Gasteiger partial charge in [-0.3, -0.25) is 0 Å². The lowest BCUT2D eigenvalue weighted by molar-refractivity contribution is 1.10. The van der Waals surface area contributed by atoms with Gasteiger partial charge in [0, 0.05) is 18.0 Å². The molecule has 3 nitrogen and oxygen atoms in total. The van der Waals surface area contributed by atoms with Crippen LogP contribution in [0.25, 0.3) is 11.4 Å². The van der Waals surface area contributed by atoms with Gasteiger partial charge in [0.25, 0.3) is 0 Å². The van der Waals surface area contributed by atoms with Crippen LogP contribution in [0.2, 0.25) is 0 Å². The molecule has 0 unspecified atom stereocenters.